The average molecular weight is 407 g/mol. The highest BCUT2D eigenvalue weighted by molar-refractivity contribution is 6.31. The molecular formula is C25H17N3O3. The van der Waals surface area contributed by atoms with Gasteiger partial charge in [0.25, 0.3) is 5.91 Å². The summed E-state index contributed by atoms with van der Waals surface area (Å²) in [6.07, 6.45) is -0.0923. The number of aromatic nitrogens is 2. The Hall–Kier alpha value is -3.64. The van der Waals surface area contributed by atoms with Crippen LogP contribution in [0, 0.1) is 0 Å². The summed E-state index contributed by atoms with van der Waals surface area (Å²) in [4.78, 5) is 26.4. The molecule has 1 N–H and O–H groups in total. The minimum atomic E-state index is -1.08. The lowest BCUT2D eigenvalue weighted by atomic mass is 9.96. The molecule has 3 aliphatic rings. The minimum Gasteiger partial charge on any atom is -0.348 e. The van der Waals surface area contributed by atoms with Crippen molar-refractivity contribution in [1.29, 1.82) is 0 Å². The van der Waals surface area contributed by atoms with Gasteiger partial charge in [-0.15, -0.1) is 0 Å². The SMILES string of the molecule is C[C@@]12O[C@@H](CC1=O)n1c3ccccc3c3c4c(c5c6ccccc6n2c5c31)CNC4=O. The molecule has 2 atom stereocenters. The van der Waals surface area contributed by atoms with E-state index < -0.39 is 12.0 Å². The van der Waals surface area contributed by atoms with Crippen molar-refractivity contribution >= 4 is 55.3 Å². The molecule has 0 spiro atoms. The van der Waals surface area contributed by atoms with E-state index in [1.807, 2.05) is 37.3 Å². The Balaban J connectivity index is 1.82. The van der Waals surface area contributed by atoms with Crippen LogP contribution in [0.5, 0.6) is 0 Å². The molecular weight excluding hydrogens is 390 g/mol. The van der Waals surface area contributed by atoms with E-state index in [1.54, 1.807) is 0 Å². The standard InChI is InChI=1S/C25H17N3O3/c1-25-17(29)10-18(31-25)27-15-8-4-2-6-12(15)20-21-14(11-26-24(21)30)19-13-7-3-5-9-16(13)28(25)23(19)22(20)27/h2-9,18H,10-11H2,1H3,(H,26,30)/t18-,25+/m0/s1. The molecule has 0 saturated carbocycles. The fourth-order valence-electron chi connectivity index (χ4n) is 6.26. The van der Waals surface area contributed by atoms with Gasteiger partial charge in [-0.05, 0) is 24.6 Å². The second-order valence-electron chi connectivity index (χ2n) is 8.91. The zero-order valence-electron chi connectivity index (χ0n) is 16.7. The summed E-state index contributed by atoms with van der Waals surface area (Å²) in [5.74, 6) is 0.0423. The zero-order chi connectivity index (χ0) is 20.6. The van der Waals surface area contributed by atoms with Crippen LogP contribution in [0.2, 0.25) is 0 Å². The van der Waals surface area contributed by atoms with E-state index in [-0.39, 0.29) is 11.7 Å². The van der Waals surface area contributed by atoms with Crippen LogP contribution in [0.25, 0.3) is 43.6 Å². The summed E-state index contributed by atoms with van der Waals surface area (Å²) < 4.78 is 10.8. The zero-order valence-corrected chi connectivity index (χ0v) is 16.7. The van der Waals surface area contributed by atoms with Crippen LogP contribution in [0.4, 0.5) is 0 Å². The predicted octanol–water partition coefficient (Wildman–Crippen LogP) is 4.32. The van der Waals surface area contributed by atoms with Gasteiger partial charge in [-0.3, -0.25) is 9.59 Å². The predicted molar refractivity (Wildman–Crippen MR) is 117 cm³/mol. The van der Waals surface area contributed by atoms with Gasteiger partial charge in [-0.2, -0.15) is 0 Å². The van der Waals surface area contributed by atoms with Gasteiger partial charge in [0, 0.05) is 28.1 Å². The van der Waals surface area contributed by atoms with Gasteiger partial charge in [0.1, 0.15) is 6.23 Å². The largest absolute Gasteiger partial charge is 0.348 e. The lowest BCUT2D eigenvalue weighted by molar-refractivity contribution is -0.145. The summed E-state index contributed by atoms with van der Waals surface area (Å²) in [5, 5.41) is 7.14. The molecule has 6 nitrogen and oxygen atoms in total. The van der Waals surface area contributed by atoms with Gasteiger partial charge < -0.3 is 19.2 Å². The molecule has 5 aromatic rings. The van der Waals surface area contributed by atoms with E-state index in [9.17, 15) is 9.59 Å². The fraction of sp³-hybridized carbons (Fsp3) is 0.200. The molecule has 31 heavy (non-hydrogen) atoms. The number of carbonyl (C=O) groups excluding carboxylic acids is 2. The van der Waals surface area contributed by atoms with Crippen LogP contribution in [-0.2, 0) is 21.8 Å². The van der Waals surface area contributed by atoms with E-state index >= 15 is 0 Å². The van der Waals surface area contributed by atoms with Gasteiger partial charge in [0.05, 0.1) is 34.1 Å². The quantitative estimate of drug-likeness (QED) is 0.416. The molecule has 3 aliphatic heterocycles. The first kappa shape index (κ1) is 16.1. The molecule has 0 radical (unpaired) electrons. The van der Waals surface area contributed by atoms with Crippen LogP contribution in [0.3, 0.4) is 0 Å². The van der Waals surface area contributed by atoms with Crippen LogP contribution < -0.4 is 5.32 Å². The number of rotatable bonds is 0. The normalized spacial score (nSPS) is 24.1. The van der Waals surface area contributed by atoms with E-state index in [2.05, 4.69) is 32.7 Å². The lowest BCUT2D eigenvalue weighted by Gasteiger charge is -2.25. The van der Waals surface area contributed by atoms with Crippen LogP contribution in [0.15, 0.2) is 48.5 Å². The van der Waals surface area contributed by atoms with Gasteiger partial charge in [-0.1, -0.05) is 36.4 Å². The molecule has 1 saturated heterocycles. The molecule has 0 unspecified atom stereocenters. The number of carbonyl (C=O) groups is 2. The molecule has 0 aliphatic carbocycles. The van der Waals surface area contributed by atoms with Crippen molar-refractivity contribution in [2.45, 2.75) is 31.8 Å². The topological polar surface area (TPSA) is 65.3 Å². The Bertz CT molecular complexity index is 1710. The smallest absolute Gasteiger partial charge is 0.252 e. The van der Waals surface area contributed by atoms with Crippen LogP contribution in [0.1, 0.15) is 35.5 Å². The number of Topliss-reactive ketones (excluding diaryl/α,β-unsaturated/α-hetero) is 1. The van der Waals surface area contributed by atoms with Crippen LogP contribution >= 0.6 is 0 Å². The fourth-order valence-corrected chi connectivity index (χ4v) is 6.26. The molecule has 1 amide bonds. The van der Waals surface area contributed by atoms with Crippen molar-refractivity contribution in [2.24, 2.45) is 0 Å². The summed E-state index contributed by atoms with van der Waals surface area (Å²) >= 11 is 0. The number of benzene rings is 3. The summed E-state index contributed by atoms with van der Waals surface area (Å²) in [6.45, 7) is 2.38. The lowest BCUT2D eigenvalue weighted by Crippen LogP contribution is -2.35. The van der Waals surface area contributed by atoms with Gasteiger partial charge in [0.15, 0.2) is 5.78 Å². The minimum absolute atomic E-state index is 0.0331. The Kier molecular flexibility index (Phi) is 2.50. The third-order valence-corrected chi connectivity index (χ3v) is 7.47. The number of nitrogens with zero attached hydrogens (tertiary/aromatic N) is 2. The molecule has 150 valence electrons. The van der Waals surface area contributed by atoms with Crippen molar-refractivity contribution in [3.8, 4) is 0 Å². The number of nitrogens with one attached hydrogen (secondary N) is 1. The van der Waals surface area contributed by atoms with Crippen molar-refractivity contribution < 1.29 is 14.3 Å². The number of ketones is 1. The van der Waals surface area contributed by atoms with Crippen molar-refractivity contribution in [1.82, 2.24) is 14.5 Å². The maximum absolute atomic E-state index is 13.4. The van der Waals surface area contributed by atoms with E-state index in [0.29, 0.717) is 13.0 Å². The van der Waals surface area contributed by atoms with E-state index in [0.717, 1.165) is 54.7 Å². The first-order valence-electron chi connectivity index (χ1n) is 10.6. The van der Waals surface area contributed by atoms with Crippen molar-refractivity contribution in [2.75, 3.05) is 0 Å². The molecule has 3 aromatic carbocycles. The molecule has 8 rings (SSSR count). The molecule has 6 heteroatoms. The summed E-state index contributed by atoms with van der Waals surface area (Å²) in [5.41, 5.74) is 4.62. The Morgan fingerprint density at radius 3 is 2.48 bits per heavy atom. The Morgan fingerprint density at radius 2 is 1.68 bits per heavy atom. The Morgan fingerprint density at radius 1 is 0.968 bits per heavy atom. The number of hydrogen-bond acceptors (Lipinski definition) is 3. The number of ether oxygens (including phenoxy) is 1. The number of fused-ring (bicyclic) bond motifs is 13. The summed E-state index contributed by atoms with van der Waals surface area (Å²) in [6, 6.07) is 16.3. The highest BCUT2D eigenvalue weighted by Crippen LogP contribution is 2.53. The first-order valence-corrected chi connectivity index (χ1v) is 10.6. The maximum Gasteiger partial charge on any atom is 0.252 e. The second-order valence-corrected chi connectivity index (χ2v) is 8.91. The highest BCUT2D eigenvalue weighted by atomic mass is 16.6. The van der Waals surface area contributed by atoms with Gasteiger partial charge in [-0.25, -0.2) is 0 Å². The maximum atomic E-state index is 13.4. The average Bonchev–Trinajstić information content (AvgIpc) is 3.46. The number of para-hydroxylation sites is 2. The molecule has 5 heterocycles. The van der Waals surface area contributed by atoms with Gasteiger partial charge in [0.2, 0.25) is 5.72 Å². The van der Waals surface area contributed by atoms with E-state index in [4.69, 9.17) is 4.74 Å². The second kappa shape index (κ2) is 4.81. The first-order chi connectivity index (χ1) is 15.1. The van der Waals surface area contributed by atoms with Crippen molar-refractivity contribution in [3.05, 3.63) is 59.7 Å². The molecule has 2 aromatic heterocycles. The van der Waals surface area contributed by atoms with Crippen molar-refractivity contribution in [3.63, 3.8) is 0 Å². The summed E-state index contributed by atoms with van der Waals surface area (Å²) in [7, 11) is 0. The van der Waals surface area contributed by atoms with Gasteiger partial charge >= 0.3 is 0 Å². The monoisotopic (exact) mass is 407 g/mol. The molecule has 2 bridgehead atoms. The third-order valence-electron chi connectivity index (χ3n) is 7.47. The number of amides is 1. The highest BCUT2D eigenvalue weighted by Gasteiger charge is 2.51. The molecule has 1 fully saturated rings. The Labute approximate surface area is 176 Å². The third kappa shape index (κ3) is 1.55. The van der Waals surface area contributed by atoms with Crippen LogP contribution in [-0.4, -0.2) is 20.8 Å². The van der Waals surface area contributed by atoms with E-state index in [1.165, 1.54) is 0 Å². The number of hydrogen-bond donors (Lipinski definition) is 1.